The van der Waals surface area contributed by atoms with Crippen LogP contribution in [0.25, 0.3) is 0 Å². The highest BCUT2D eigenvalue weighted by atomic mass is 16.5. The summed E-state index contributed by atoms with van der Waals surface area (Å²) in [4.78, 5) is 16.6. The average Bonchev–Trinajstić information content (AvgIpc) is 2.73. The van der Waals surface area contributed by atoms with Gasteiger partial charge >= 0.3 is 5.97 Å². The lowest BCUT2D eigenvalue weighted by atomic mass is 9.86. The molecule has 2 atom stereocenters. The maximum absolute atomic E-state index is 11.7. The zero-order chi connectivity index (χ0) is 19.9. The number of esters is 1. The van der Waals surface area contributed by atoms with Crippen molar-refractivity contribution in [3.63, 3.8) is 0 Å². The lowest BCUT2D eigenvalue weighted by Crippen LogP contribution is -2.53. The van der Waals surface area contributed by atoms with Gasteiger partial charge in [0, 0.05) is 38.6 Å². The summed E-state index contributed by atoms with van der Waals surface area (Å²) in [6, 6.07) is 6.06. The Morgan fingerprint density at radius 2 is 2.04 bits per heavy atom. The molecule has 28 heavy (non-hydrogen) atoms. The Labute approximate surface area is 167 Å². The molecule has 0 aliphatic carbocycles. The van der Waals surface area contributed by atoms with Crippen LogP contribution < -0.4 is 4.74 Å². The van der Waals surface area contributed by atoms with Gasteiger partial charge in [0.15, 0.2) is 11.5 Å². The third kappa shape index (κ3) is 5.37. The molecule has 156 valence electrons. The van der Waals surface area contributed by atoms with Gasteiger partial charge in [0.05, 0.1) is 27.4 Å². The monoisotopic (exact) mass is 392 g/mol. The van der Waals surface area contributed by atoms with E-state index in [4.69, 9.17) is 14.2 Å². The van der Waals surface area contributed by atoms with E-state index in [2.05, 4.69) is 9.80 Å². The molecular weight excluding hydrogens is 360 g/mol. The number of carbonyl (C=O) groups excluding carboxylic acids is 1. The van der Waals surface area contributed by atoms with Crippen molar-refractivity contribution in [3.8, 4) is 11.5 Å². The van der Waals surface area contributed by atoms with Crippen LogP contribution in [0.15, 0.2) is 18.2 Å². The summed E-state index contributed by atoms with van der Waals surface area (Å²) in [6.07, 6.45) is 2.37. The summed E-state index contributed by atoms with van der Waals surface area (Å²) in [5.41, 5.74) is 1.06. The Hall–Kier alpha value is -1.83. The van der Waals surface area contributed by atoms with E-state index in [1.54, 1.807) is 19.2 Å². The zero-order valence-corrected chi connectivity index (χ0v) is 16.9. The number of hydrogen-bond donors (Lipinski definition) is 1. The van der Waals surface area contributed by atoms with Crippen molar-refractivity contribution in [2.75, 3.05) is 53.6 Å². The predicted molar refractivity (Wildman–Crippen MR) is 105 cm³/mol. The van der Waals surface area contributed by atoms with Gasteiger partial charge in [-0.05, 0) is 43.0 Å². The third-order valence-electron chi connectivity index (χ3n) is 5.89. The number of ether oxygens (including phenoxy) is 3. The molecular formula is C21H32N2O5. The van der Waals surface area contributed by atoms with E-state index in [1.807, 2.05) is 6.07 Å². The van der Waals surface area contributed by atoms with E-state index in [0.717, 1.165) is 64.3 Å². The van der Waals surface area contributed by atoms with Gasteiger partial charge < -0.3 is 19.3 Å². The Morgan fingerprint density at radius 1 is 1.25 bits per heavy atom. The molecule has 0 unspecified atom stereocenters. The molecule has 7 nitrogen and oxygen atoms in total. The highest BCUT2D eigenvalue weighted by Crippen LogP contribution is 2.30. The summed E-state index contributed by atoms with van der Waals surface area (Å²) in [6.45, 7) is 6.22. The second kappa shape index (κ2) is 10.1. The first-order valence-electron chi connectivity index (χ1n) is 10.1. The van der Waals surface area contributed by atoms with E-state index in [1.165, 1.54) is 7.11 Å². The van der Waals surface area contributed by atoms with Gasteiger partial charge in [0.2, 0.25) is 0 Å². The quantitative estimate of drug-likeness (QED) is 0.711. The van der Waals surface area contributed by atoms with Gasteiger partial charge in [0.1, 0.15) is 0 Å². The van der Waals surface area contributed by atoms with Crippen LogP contribution in [0.5, 0.6) is 11.5 Å². The van der Waals surface area contributed by atoms with Gasteiger partial charge in [0.25, 0.3) is 0 Å². The molecule has 0 radical (unpaired) electrons. The number of piperidine rings is 1. The highest BCUT2D eigenvalue weighted by Gasteiger charge is 2.34. The first kappa shape index (κ1) is 20.9. The molecule has 2 aliphatic rings. The molecule has 0 saturated carbocycles. The van der Waals surface area contributed by atoms with Crippen molar-refractivity contribution < 1.29 is 24.1 Å². The SMILES string of the molecule is COC(=O)CC[C@@H]1CN(Cc2ccc(OC)c(O)c2)CC[C@@H]1N1CCOCC1. The van der Waals surface area contributed by atoms with E-state index in [0.29, 0.717) is 24.1 Å². The minimum absolute atomic E-state index is 0.141. The van der Waals surface area contributed by atoms with Gasteiger partial charge in [-0.25, -0.2) is 0 Å². The van der Waals surface area contributed by atoms with Crippen LogP contribution in [0.3, 0.4) is 0 Å². The van der Waals surface area contributed by atoms with Crippen LogP contribution in [0, 0.1) is 5.92 Å². The summed E-state index contributed by atoms with van der Waals surface area (Å²) < 4.78 is 15.5. The molecule has 0 spiro atoms. The van der Waals surface area contributed by atoms with E-state index in [-0.39, 0.29) is 11.7 Å². The van der Waals surface area contributed by atoms with Crippen LogP contribution in [0.4, 0.5) is 0 Å². The fourth-order valence-corrected chi connectivity index (χ4v) is 4.41. The third-order valence-corrected chi connectivity index (χ3v) is 5.89. The van der Waals surface area contributed by atoms with Crippen molar-refractivity contribution in [1.29, 1.82) is 0 Å². The Bertz CT molecular complexity index is 648. The topological polar surface area (TPSA) is 71.5 Å². The molecule has 2 aliphatic heterocycles. The Morgan fingerprint density at radius 3 is 2.71 bits per heavy atom. The molecule has 0 amide bonds. The molecule has 2 saturated heterocycles. The number of phenols is 1. The van der Waals surface area contributed by atoms with E-state index in [9.17, 15) is 9.90 Å². The van der Waals surface area contributed by atoms with Gasteiger partial charge in [-0.2, -0.15) is 0 Å². The number of carbonyl (C=O) groups is 1. The number of likely N-dealkylation sites (tertiary alicyclic amines) is 1. The smallest absolute Gasteiger partial charge is 0.305 e. The lowest BCUT2D eigenvalue weighted by Gasteiger charge is -2.45. The zero-order valence-electron chi connectivity index (χ0n) is 16.9. The summed E-state index contributed by atoms with van der Waals surface area (Å²) in [5.74, 6) is 0.937. The van der Waals surface area contributed by atoms with Crippen LogP contribution >= 0.6 is 0 Å². The fraction of sp³-hybridized carbons (Fsp3) is 0.667. The first-order valence-corrected chi connectivity index (χ1v) is 10.1. The maximum atomic E-state index is 11.7. The van der Waals surface area contributed by atoms with Crippen LogP contribution in [-0.2, 0) is 20.8 Å². The van der Waals surface area contributed by atoms with Crippen molar-refractivity contribution >= 4 is 5.97 Å². The van der Waals surface area contributed by atoms with Gasteiger partial charge in [-0.15, -0.1) is 0 Å². The second-order valence-electron chi connectivity index (χ2n) is 7.62. The van der Waals surface area contributed by atoms with Crippen LogP contribution in [0.2, 0.25) is 0 Å². The van der Waals surface area contributed by atoms with Crippen LogP contribution in [-0.4, -0.2) is 80.5 Å². The fourth-order valence-electron chi connectivity index (χ4n) is 4.41. The number of phenolic OH excluding ortho intramolecular Hbond substituents is 1. The number of methoxy groups -OCH3 is 2. The van der Waals surface area contributed by atoms with Crippen LogP contribution in [0.1, 0.15) is 24.8 Å². The van der Waals surface area contributed by atoms with E-state index < -0.39 is 0 Å². The van der Waals surface area contributed by atoms with Gasteiger partial charge in [-0.3, -0.25) is 14.6 Å². The van der Waals surface area contributed by atoms with E-state index >= 15 is 0 Å². The Balaban J connectivity index is 1.64. The van der Waals surface area contributed by atoms with Crippen molar-refractivity contribution in [2.45, 2.75) is 31.8 Å². The minimum atomic E-state index is -0.141. The summed E-state index contributed by atoms with van der Waals surface area (Å²) >= 11 is 0. The molecule has 0 aromatic heterocycles. The molecule has 1 aromatic carbocycles. The minimum Gasteiger partial charge on any atom is -0.504 e. The standard InChI is InChI=1S/C21H32N2O5/c1-26-20-5-3-16(13-19(20)24)14-22-8-7-18(23-9-11-28-12-10-23)17(15-22)4-6-21(25)27-2/h3,5,13,17-18,24H,4,6-12,14-15H2,1-2H3/t17-,18+/m1/s1. The molecule has 2 fully saturated rings. The summed E-state index contributed by atoms with van der Waals surface area (Å²) in [5, 5.41) is 10.0. The highest BCUT2D eigenvalue weighted by molar-refractivity contribution is 5.69. The first-order chi connectivity index (χ1) is 13.6. The number of morpholine rings is 1. The molecule has 2 heterocycles. The van der Waals surface area contributed by atoms with Gasteiger partial charge in [-0.1, -0.05) is 6.07 Å². The molecule has 7 heteroatoms. The average molecular weight is 392 g/mol. The molecule has 1 aromatic rings. The summed E-state index contributed by atoms with van der Waals surface area (Å²) in [7, 11) is 3.00. The normalized spacial score (nSPS) is 24.1. The largest absolute Gasteiger partial charge is 0.504 e. The number of nitrogens with zero attached hydrogens (tertiary/aromatic N) is 2. The lowest BCUT2D eigenvalue weighted by molar-refractivity contribution is -0.141. The molecule has 0 bridgehead atoms. The van der Waals surface area contributed by atoms with Crippen molar-refractivity contribution in [1.82, 2.24) is 9.80 Å². The molecule has 1 N–H and O–H groups in total. The number of rotatable bonds is 7. The predicted octanol–water partition coefficient (Wildman–Crippen LogP) is 1.88. The number of benzene rings is 1. The Kier molecular flexibility index (Phi) is 7.53. The number of aromatic hydroxyl groups is 1. The van der Waals surface area contributed by atoms with Crippen molar-refractivity contribution in [2.24, 2.45) is 5.92 Å². The number of hydrogen-bond acceptors (Lipinski definition) is 7. The maximum Gasteiger partial charge on any atom is 0.305 e. The molecule has 3 rings (SSSR count). The van der Waals surface area contributed by atoms with Crippen molar-refractivity contribution in [3.05, 3.63) is 23.8 Å². The second-order valence-corrected chi connectivity index (χ2v) is 7.62.